The number of carbonyl (C=O) groups is 1. The summed E-state index contributed by atoms with van der Waals surface area (Å²) in [5.41, 5.74) is 5.69. The fourth-order valence-electron chi connectivity index (χ4n) is 0.732. The van der Waals surface area contributed by atoms with Gasteiger partial charge in [0.25, 0.3) is 0 Å². The van der Waals surface area contributed by atoms with Gasteiger partial charge in [-0.25, -0.2) is 0 Å². The molecule has 0 amide bonds. The van der Waals surface area contributed by atoms with Gasteiger partial charge in [-0.15, -0.1) is 0 Å². The fourth-order valence-corrected chi connectivity index (χ4v) is 0.850. The van der Waals surface area contributed by atoms with E-state index < -0.39 is 0 Å². The molecular weight excluding hydrogens is 158 g/mol. The van der Waals surface area contributed by atoms with E-state index in [0.29, 0.717) is 5.56 Å². The number of ketones is 1. The molecule has 56 valence electrons. The molecule has 11 heavy (non-hydrogen) atoms. The molecule has 0 fully saturated rings. The number of nitrogens with two attached hydrogens (primary N) is 1. The van der Waals surface area contributed by atoms with Crippen molar-refractivity contribution in [2.24, 2.45) is 5.73 Å². The van der Waals surface area contributed by atoms with Crippen molar-refractivity contribution >= 4 is 23.0 Å². The zero-order chi connectivity index (χ0) is 8.27. The van der Waals surface area contributed by atoms with Crippen molar-refractivity contribution in [1.29, 1.82) is 0 Å². The Labute approximate surface area is 70.0 Å². The lowest BCUT2D eigenvalue weighted by atomic mass is 10.1. The summed E-state index contributed by atoms with van der Waals surface area (Å²) in [6.07, 6.45) is 0. The van der Waals surface area contributed by atoms with Crippen LogP contribution in [-0.4, -0.2) is 10.8 Å². The fraction of sp³-hybridized carbons (Fsp3) is 0. The topological polar surface area (TPSA) is 43.1 Å². The van der Waals surface area contributed by atoms with Crippen LogP contribution in [0.5, 0.6) is 0 Å². The molecule has 0 atom stereocenters. The number of benzene rings is 1. The summed E-state index contributed by atoms with van der Waals surface area (Å²) in [4.78, 5) is 11.0. The van der Waals surface area contributed by atoms with Crippen molar-refractivity contribution in [3.63, 3.8) is 0 Å². The predicted octanol–water partition coefficient (Wildman–Crippen LogP) is 1.16. The molecule has 0 saturated heterocycles. The Morgan fingerprint density at radius 2 is 1.82 bits per heavy atom. The lowest BCUT2D eigenvalue weighted by Gasteiger charge is -1.95. The molecule has 0 aliphatic heterocycles. The predicted molar refractivity (Wildman–Crippen MR) is 47.6 cm³/mol. The zero-order valence-corrected chi connectivity index (χ0v) is 6.60. The van der Waals surface area contributed by atoms with Gasteiger partial charge in [-0.3, -0.25) is 4.79 Å². The first-order valence-corrected chi connectivity index (χ1v) is 3.52. The summed E-state index contributed by atoms with van der Waals surface area (Å²) in [5.74, 6) is -0.277. The Bertz CT molecular complexity index is 281. The molecule has 0 heterocycles. The second-order valence-electron chi connectivity index (χ2n) is 2.06. The van der Waals surface area contributed by atoms with Crippen LogP contribution in [0, 0.1) is 0 Å². The van der Waals surface area contributed by atoms with Gasteiger partial charge >= 0.3 is 0 Å². The molecule has 2 N–H and O–H groups in total. The average molecular weight is 165 g/mol. The van der Waals surface area contributed by atoms with Gasteiger partial charge in [0.2, 0.25) is 5.78 Å². The number of hydrogen-bond acceptors (Lipinski definition) is 2. The highest BCUT2D eigenvalue weighted by molar-refractivity contribution is 7.82. The van der Waals surface area contributed by atoms with Gasteiger partial charge in [-0.2, -0.15) is 0 Å². The Morgan fingerprint density at radius 1 is 1.27 bits per heavy atom. The quantitative estimate of drug-likeness (QED) is 0.528. The lowest BCUT2D eigenvalue weighted by Crippen LogP contribution is -2.20. The smallest absolute Gasteiger partial charge is 0.219 e. The Morgan fingerprint density at radius 3 is 2.27 bits per heavy atom. The molecule has 0 spiro atoms. The minimum Gasteiger partial charge on any atom is -0.387 e. The van der Waals surface area contributed by atoms with Crippen molar-refractivity contribution in [2.45, 2.75) is 0 Å². The molecule has 1 aromatic carbocycles. The summed E-state index contributed by atoms with van der Waals surface area (Å²) in [5, 5.41) is 0. The molecule has 0 aliphatic rings. The van der Waals surface area contributed by atoms with E-state index in [1.807, 2.05) is 6.07 Å². The van der Waals surface area contributed by atoms with E-state index in [0.717, 1.165) is 0 Å². The van der Waals surface area contributed by atoms with Gasteiger partial charge in [-0.1, -0.05) is 42.5 Å². The zero-order valence-electron chi connectivity index (χ0n) is 5.78. The second kappa shape index (κ2) is 3.25. The van der Waals surface area contributed by atoms with Crippen molar-refractivity contribution < 1.29 is 4.79 Å². The maximum absolute atomic E-state index is 11.1. The van der Waals surface area contributed by atoms with E-state index in [4.69, 9.17) is 5.73 Å². The maximum Gasteiger partial charge on any atom is 0.219 e. The Hall–Kier alpha value is -1.22. The molecule has 0 aromatic heterocycles. The maximum atomic E-state index is 11.1. The lowest BCUT2D eigenvalue weighted by molar-refractivity contribution is 0.106. The second-order valence-corrected chi connectivity index (χ2v) is 2.50. The van der Waals surface area contributed by atoms with Crippen molar-refractivity contribution in [3.8, 4) is 0 Å². The van der Waals surface area contributed by atoms with Crippen molar-refractivity contribution in [1.82, 2.24) is 0 Å². The van der Waals surface area contributed by atoms with Crippen LogP contribution in [0.25, 0.3) is 0 Å². The normalized spacial score (nSPS) is 9.09. The third kappa shape index (κ3) is 1.85. The summed E-state index contributed by atoms with van der Waals surface area (Å²) in [7, 11) is 0. The van der Waals surface area contributed by atoms with Crippen LogP contribution in [0.1, 0.15) is 10.4 Å². The molecule has 1 rings (SSSR count). The molecule has 0 radical (unpaired) electrons. The van der Waals surface area contributed by atoms with Crippen LogP contribution in [-0.2, 0) is 0 Å². The first-order valence-electron chi connectivity index (χ1n) is 3.11. The molecule has 2 nitrogen and oxygen atoms in total. The number of Topliss-reactive ketones (excluding diaryl/α,β-unsaturated/α-hetero) is 1. The number of thiocarbonyl (C=S) groups is 1. The highest BCUT2D eigenvalue weighted by Gasteiger charge is 2.05. The third-order valence-electron chi connectivity index (χ3n) is 1.26. The van der Waals surface area contributed by atoms with Crippen LogP contribution < -0.4 is 5.73 Å². The Balaban J connectivity index is 2.95. The first kappa shape index (κ1) is 7.88. The van der Waals surface area contributed by atoms with E-state index in [1.165, 1.54) is 0 Å². The number of rotatable bonds is 2. The van der Waals surface area contributed by atoms with Crippen molar-refractivity contribution in [2.75, 3.05) is 0 Å². The molecule has 3 heteroatoms. The van der Waals surface area contributed by atoms with Gasteiger partial charge in [0, 0.05) is 5.56 Å². The minimum atomic E-state index is -0.277. The van der Waals surface area contributed by atoms with Gasteiger partial charge in [0.05, 0.1) is 0 Å². The minimum absolute atomic E-state index is 0.0869. The van der Waals surface area contributed by atoms with E-state index in [2.05, 4.69) is 12.2 Å². The van der Waals surface area contributed by atoms with E-state index >= 15 is 0 Å². The molecule has 0 aliphatic carbocycles. The van der Waals surface area contributed by atoms with E-state index in [9.17, 15) is 4.79 Å². The monoisotopic (exact) mass is 165 g/mol. The average Bonchev–Trinajstić information content (AvgIpc) is 2.05. The van der Waals surface area contributed by atoms with Crippen molar-refractivity contribution in [3.05, 3.63) is 35.9 Å². The number of hydrogen-bond donors (Lipinski definition) is 1. The largest absolute Gasteiger partial charge is 0.387 e. The standard InChI is InChI=1S/C8H7NOS/c9-8(11)7(10)6-4-2-1-3-5-6/h1-5H,(H2,9,11). The van der Waals surface area contributed by atoms with Crippen LogP contribution in [0.3, 0.4) is 0 Å². The summed E-state index contributed by atoms with van der Waals surface area (Å²) >= 11 is 4.53. The summed E-state index contributed by atoms with van der Waals surface area (Å²) in [6.45, 7) is 0. The van der Waals surface area contributed by atoms with Gasteiger partial charge in [0.1, 0.15) is 4.99 Å². The van der Waals surface area contributed by atoms with E-state index in [-0.39, 0.29) is 10.8 Å². The van der Waals surface area contributed by atoms with Crippen LogP contribution >= 0.6 is 12.2 Å². The van der Waals surface area contributed by atoms with Gasteiger partial charge < -0.3 is 5.73 Å². The highest BCUT2D eigenvalue weighted by atomic mass is 32.1. The Kier molecular flexibility index (Phi) is 2.33. The van der Waals surface area contributed by atoms with Crippen LogP contribution in [0.4, 0.5) is 0 Å². The summed E-state index contributed by atoms with van der Waals surface area (Å²) < 4.78 is 0. The van der Waals surface area contributed by atoms with Crippen LogP contribution in [0.15, 0.2) is 30.3 Å². The number of carbonyl (C=O) groups excluding carboxylic acids is 1. The molecule has 0 saturated carbocycles. The summed E-state index contributed by atoms with van der Waals surface area (Å²) in [6, 6.07) is 8.73. The molecule has 1 aromatic rings. The molecule has 0 unspecified atom stereocenters. The van der Waals surface area contributed by atoms with E-state index in [1.54, 1.807) is 24.3 Å². The SMILES string of the molecule is NC(=S)C(=O)c1ccccc1. The third-order valence-corrected chi connectivity index (χ3v) is 1.45. The highest BCUT2D eigenvalue weighted by Crippen LogP contribution is 1.99. The molecule has 0 bridgehead atoms. The van der Waals surface area contributed by atoms with Crippen LogP contribution in [0.2, 0.25) is 0 Å². The van der Waals surface area contributed by atoms with Gasteiger partial charge in [0.15, 0.2) is 0 Å². The van der Waals surface area contributed by atoms with Gasteiger partial charge in [-0.05, 0) is 0 Å². The first-order chi connectivity index (χ1) is 5.22. The molecular formula is C8H7NOS.